The third-order valence-corrected chi connectivity index (χ3v) is 1.96. The molecule has 0 spiro atoms. The first kappa shape index (κ1) is 14.7. The van der Waals surface area contributed by atoms with Gasteiger partial charge in [0, 0.05) is 6.61 Å². The predicted octanol–water partition coefficient (Wildman–Crippen LogP) is 0.574. The zero-order valence-corrected chi connectivity index (χ0v) is 9.95. The van der Waals surface area contributed by atoms with Gasteiger partial charge in [-0.1, -0.05) is 6.92 Å². The first-order valence-electron chi connectivity index (χ1n) is 5.38. The fourth-order valence-electron chi connectivity index (χ4n) is 1.10. The lowest BCUT2D eigenvalue weighted by atomic mass is 10.2. The lowest BCUT2D eigenvalue weighted by Gasteiger charge is -2.17. The standard InChI is InChI=1S/C10H20N2O4/c1-4-8(9(13)14)12-10(15)11-7(3)6-16-5-2/h7-8H,4-6H2,1-3H3,(H,13,14)(H2,11,12,15)/t7?,8-/m0/s1. The van der Waals surface area contributed by atoms with Crippen LogP contribution in [0.3, 0.4) is 0 Å². The van der Waals surface area contributed by atoms with E-state index in [9.17, 15) is 9.59 Å². The number of nitrogens with one attached hydrogen (secondary N) is 2. The van der Waals surface area contributed by atoms with Crippen molar-refractivity contribution in [2.75, 3.05) is 13.2 Å². The van der Waals surface area contributed by atoms with Gasteiger partial charge < -0.3 is 20.5 Å². The van der Waals surface area contributed by atoms with Gasteiger partial charge in [0.05, 0.1) is 12.6 Å². The maximum absolute atomic E-state index is 11.3. The Balaban J connectivity index is 3.92. The van der Waals surface area contributed by atoms with Crippen molar-refractivity contribution in [3.8, 4) is 0 Å². The smallest absolute Gasteiger partial charge is 0.326 e. The van der Waals surface area contributed by atoms with Crippen LogP contribution in [-0.2, 0) is 9.53 Å². The number of aliphatic carboxylic acids is 1. The topological polar surface area (TPSA) is 87.7 Å². The molecule has 0 radical (unpaired) electrons. The Hall–Kier alpha value is -1.30. The van der Waals surface area contributed by atoms with Crippen molar-refractivity contribution in [1.82, 2.24) is 10.6 Å². The average Bonchev–Trinajstić information content (AvgIpc) is 2.22. The summed E-state index contributed by atoms with van der Waals surface area (Å²) in [6.07, 6.45) is 0.350. The van der Waals surface area contributed by atoms with E-state index in [0.29, 0.717) is 19.6 Å². The number of urea groups is 1. The zero-order chi connectivity index (χ0) is 12.6. The van der Waals surface area contributed by atoms with Crippen LogP contribution in [0.15, 0.2) is 0 Å². The van der Waals surface area contributed by atoms with Gasteiger partial charge in [-0.25, -0.2) is 9.59 Å². The molecule has 0 saturated heterocycles. The Morgan fingerprint density at radius 3 is 2.38 bits per heavy atom. The highest BCUT2D eigenvalue weighted by Gasteiger charge is 2.18. The van der Waals surface area contributed by atoms with E-state index in [1.807, 2.05) is 6.92 Å². The van der Waals surface area contributed by atoms with Gasteiger partial charge in [0.1, 0.15) is 6.04 Å². The Bertz CT molecular complexity index is 233. The van der Waals surface area contributed by atoms with E-state index < -0.39 is 18.0 Å². The van der Waals surface area contributed by atoms with Gasteiger partial charge in [0.25, 0.3) is 0 Å². The number of carboxylic acid groups (broad SMARTS) is 1. The number of amides is 2. The SMILES string of the molecule is CCOCC(C)NC(=O)N[C@@H](CC)C(=O)O. The van der Waals surface area contributed by atoms with Crippen LogP contribution in [0.2, 0.25) is 0 Å². The van der Waals surface area contributed by atoms with Crippen molar-refractivity contribution < 1.29 is 19.4 Å². The summed E-state index contributed by atoms with van der Waals surface area (Å²) >= 11 is 0. The number of rotatable bonds is 7. The number of ether oxygens (including phenoxy) is 1. The minimum Gasteiger partial charge on any atom is -0.480 e. The van der Waals surface area contributed by atoms with Gasteiger partial charge in [-0.05, 0) is 20.3 Å². The molecule has 0 aliphatic heterocycles. The van der Waals surface area contributed by atoms with E-state index in [4.69, 9.17) is 9.84 Å². The van der Waals surface area contributed by atoms with E-state index in [1.165, 1.54) is 0 Å². The molecule has 0 heterocycles. The Morgan fingerprint density at radius 2 is 1.94 bits per heavy atom. The fourth-order valence-corrected chi connectivity index (χ4v) is 1.10. The molecule has 0 aromatic heterocycles. The highest BCUT2D eigenvalue weighted by Crippen LogP contribution is 1.91. The van der Waals surface area contributed by atoms with Crippen molar-refractivity contribution in [3.05, 3.63) is 0 Å². The Morgan fingerprint density at radius 1 is 1.31 bits per heavy atom. The molecule has 0 fully saturated rings. The number of carbonyl (C=O) groups excluding carboxylic acids is 1. The lowest BCUT2D eigenvalue weighted by Crippen LogP contribution is -2.49. The maximum atomic E-state index is 11.3. The third kappa shape index (κ3) is 6.23. The average molecular weight is 232 g/mol. The van der Waals surface area contributed by atoms with Crippen LogP contribution in [-0.4, -0.2) is 42.4 Å². The second-order valence-electron chi connectivity index (χ2n) is 3.48. The quantitative estimate of drug-likeness (QED) is 0.599. The molecule has 1 unspecified atom stereocenters. The van der Waals surface area contributed by atoms with Gasteiger partial charge in [0.2, 0.25) is 0 Å². The highest BCUT2D eigenvalue weighted by atomic mass is 16.5. The normalized spacial score (nSPS) is 13.9. The maximum Gasteiger partial charge on any atom is 0.326 e. The highest BCUT2D eigenvalue weighted by molar-refractivity contribution is 5.82. The first-order chi connectivity index (χ1) is 7.51. The van der Waals surface area contributed by atoms with Crippen molar-refractivity contribution in [2.24, 2.45) is 0 Å². The Kier molecular flexibility index (Phi) is 7.28. The van der Waals surface area contributed by atoms with Crippen molar-refractivity contribution in [2.45, 2.75) is 39.3 Å². The first-order valence-corrected chi connectivity index (χ1v) is 5.38. The van der Waals surface area contributed by atoms with E-state index >= 15 is 0 Å². The molecule has 6 heteroatoms. The largest absolute Gasteiger partial charge is 0.480 e. The summed E-state index contributed by atoms with van der Waals surface area (Å²) in [5.74, 6) is -1.03. The molecule has 3 N–H and O–H groups in total. The predicted molar refractivity (Wildman–Crippen MR) is 59.3 cm³/mol. The molecule has 16 heavy (non-hydrogen) atoms. The van der Waals surface area contributed by atoms with E-state index in [-0.39, 0.29) is 6.04 Å². The van der Waals surface area contributed by atoms with Gasteiger partial charge in [-0.3, -0.25) is 0 Å². The molecule has 2 amide bonds. The van der Waals surface area contributed by atoms with Crippen LogP contribution in [0.25, 0.3) is 0 Å². The minimum absolute atomic E-state index is 0.147. The van der Waals surface area contributed by atoms with Gasteiger partial charge in [0.15, 0.2) is 0 Å². The van der Waals surface area contributed by atoms with E-state index in [2.05, 4.69) is 10.6 Å². The van der Waals surface area contributed by atoms with Gasteiger partial charge in [-0.2, -0.15) is 0 Å². The molecule has 0 saturated carbocycles. The third-order valence-electron chi connectivity index (χ3n) is 1.96. The monoisotopic (exact) mass is 232 g/mol. The molecule has 0 aromatic rings. The summed E-state index contributed by atoms with van der Waals surface area (Å²) in [5, 5.41) is 13.7. The number of carbonyl (C=O) groups is 2. The number of hydrogen-bond acceptors (Lipinski definition) is 3. The van der Waals surface area contributed by atoms with Crippen molar-refractivity contribution >= 4 is 12.0 Å². The van der Waals surface area contributed by atoms with Crippen molar-refractivity contribution in [3.63, 3.8) is 0 Å². The van der Waals surface area contributed by atoms with Crippen LogP contribution < -0.4 is 10.6 Å². The Labute approximate surface area is 95.4 Å². The summed E-state index contributed by atoms with van der Waals surface area (Å²) in [5.41, 5.74) is 0. The summed E-state index contributed by atoms with van der Waals surface area (Å²) in [6, 6.07) is -1.48. The second-order valence-corrected chi connectivity index (χ2v) is 3.48. The van der Waals surface area contributed by atoms with Crippen LogP contribution >= 0.6 is 0 Å². The van der Waals surface area contributed by atoms with Crippen molar-refractivity contribution in [1.29, 1.82) is 0 Å². The summed E-state index contributed by atoms with van der Waals surface area (Å²) in [7, 11) is 0. The van der Waals surface area contributed by atoms with Crippen LogP contribution in [0.5, 0.6) is 0 Å². The molecule has 6 nitrogen and oxygen atoms in total. The second kappa shape index (κ2) is 7.92. The van der Waals surface area contributed by atoms with Crippen LogP contribution in [0, 0.1) is 0 Å². The minimum atomic E-state index is -1.03. The lowest BCUT2D eigenvalue weighted by molar-refractivity contribution is -0.139. The molecular weight excluding hydrogens is 212 g/mol. The van der Waals surface area contributed by atoms with Crippen LogP contribution in [0.4, 0.5) is 4.79 Å². The molecule has 0 aliphatic carbocycles. The molecule has 0 aromatic carbocycles. The number of carboxylic acids is 1. The molecular formula is C10H20N2O4. The van der Waals surface area contributed by atoms with E-state index in [1.54, 1.807) is 13.8 Å². The molecule has 0 bridgehead atoms. The molecule has 0 aliphatic rings. The summed E-state index contributed by atoms with van der Waals surface area (Å²) in [6.45, 7) is 6.35. The fraction of sp³-hybridized carbons (Fsp3) is 0.800. The summed E-state index contributed by atoms with van der Waals surface area (Å²) in [4.78, 5) is 22.0. The number of hydrogen-bond donors (Lipinski definition) is 3. The molecule has 94 valence electrons. The van der Waals surface area contributed by atoms with E-state index in [0.717, 1.165) is 0 Å². The molecule has 0 rings (SSSR count). The molecule has 2 atom stereocenters. The van der Waals surface area contributed by atoms with Crippen LogP contribution in [0.1, 0.15) is 27.2 Å². The zero-order valence-electron chi connectivity index (χ0n) is 9.95. The summed E-state index contributed by atoms with van der Waals surface area (Å²) < 4.78 is 5.12. The van der Waals surface area contributed by atoms with Gasteiger partial charge >= 0.3 is 12.0 Å². The van der Waals surface area contributed by atoms with Gasteiger partial charge in [-0.15, -0.1) is 0 Å².